The van der Waals surface area contributed by atoms with Crippen molar-refractivity contribution in [3.63, 3.8) is 0 Å². The zero-order chi connectivity index (χ0) is 14.4. The lowest BCUT2D eigenvalue weighted by Gasteiger charge is -2.10. The van der Waals surface area contributed by atoms with E-state index in [1.165, 1.54) is 11.8 Å². The Kier molecular flexibility index (Phi) is 5.38. The van der Waals surface area contributed by atoms with E-state index < -0.39 is 5.97 Å². The summed E-state index contributed by atoms with van der Waals surface area (Å²) >= 11 is 6.76. The van der Waals surface area contributed by atoms with Crippen molar-refractivity contribution in [1.82, 2.24) is 0 Å². The molecule has 0 aliphatic rings. The molecule has 20 heavy (non-hydrogen) atoms. The lowest BCUT2D eigenvalue weighted by atomic mass is 10.1. The van der Waals surface area contributed by atoms with Crippen LogP contribution in [-0.4, -0.2) is 21.1 Å². The van der Waals surface area contributed by atoms with Gasteiger partial charge in [0.05, 0.1) is 0 Å². The monoisotopic (exact) mass is 305 g/mol. The van der Waals surface area contributed by atoms with E-state index in [0.29, 0.717) is 16.5 Å². The summed E-state index contributed by atoms with van der Waals surface area (Å²) in [6.45, 7) is 0. The van der Waals surface area contributed by atoms with E-state index in [0.717, 1.165) is 16.5 Å². The summed E-state index contributed by atoms with van der Waals surface area (Å²) in [6.07, 6.45) is 0.807. The maximum atomic E-state index is 10.4. The smallest absolute Gasteiger partial charge is 0.303 e. The van der Waals surface area contributed by atoms with Crippen molar-refractivity contribution in [1.29, 1.82) is 0 Å². The van der Waals surface area contributed by atoms with Crippen molar-refractivity contribution >= 4 is 50.7 Å². The van der Waals surface area contributed by atoms with Gasteiger partial charge in [0, 0.05) is 23.2 Å². The zero-order valence-corrected chi connectivity index (χ0v) is 12.5. The van der Waals surface area contributed by atoms with Crippen molar-refractivity contribution in [2.24, 2.45) is 0 Å². The Morgan fingerprint density at radius 3 is 2.75 bits per heavy atom. The van der Waals surface area contributed by atoms with Crippen LogP contribution >= 0.6 is 24.0 Å². The standard InChI is InChI=1S/C15H15NO2S2/c17-14(18)9-4-10-20-15(19)16-13-8-3-6-11-5-1-2-7-12(11)13/h1-3,5-8H,4,9-10H2,(H,16,19)(H,17,18). The third kappa shape index (κ3) is 4.21. The van der Waals surface area contributed by atoms with Crippen molar-refractivity contribution in [2.75, 3.05) is 11.1 Å². The van der Waals surface area contributed by atoms with Crippen molar-refractivity contribution < 1.29 is 9.90 Å². The highest BCUT2D eigenvalue weighted by Gasteiger charge is 2.04. The summed E-state index contributed by atoms with van der Waals surface area (Å²) in [5, 5.41) is 14.1. The topological polar surface area (TPSA) is 49.3 Å². The average Bonchev–Trinajstić information content (AvgIpc) is 2.44. The van der Waals surface area contributed by atoms with Crippen molar-refractivity contribution in [3.8, 4) is 0 Å². The van der Waals surface area contributed by atoms with E-state index >= 15 is 0 Å². The molecule has 0 saturated carbocycles. The molecule has 0 radical (unpaired) electrons. The van der Waals surface area contributed by atoms with E-state index in [9.17, 15) is 4.79 Å². The van der Waals surface area contributed by atoms with Gasteiger partial charge >= 0.3 is 5.97 Å². The number of rotatable bonds is 5. The number of carbonyl (C=O) groups is 1. The first kappa shape index (κ1) is 14.8. The molecular weight excluding hydrogens is 290 g/mol. The number of thiocarbonyl (C=S) groups is 1. The molecule has 2 aromatic carbocycles. The van der Waals surface area contributed by atoms with Crippen LogP contribution in [0.4, 0.5) is 5.69 Å². The van der Waals surface area contributed by atoms with Crippen LogP contribution in [-0.2, 0) is 4.79 Å². The number of nitrogens with one attached hydrogen (secondary N) is 1. The number of thioether (sulfide) groups is 1. The summed E-state index contributed by atoms with van der Waals surface area (Å²) in [7, 11) is 0. The molecule has 3 nitrogen and oxygen atoms in total. The van der Waals surface area contributed by atoms with Crippen LogP contribution in [0.5, 0.6) is 0 Å². The third-order valence-electron chi connectivity index (χ3n) is 2.79. The maximum absolute atomic E-state index is 10.4. The van der Waals surface area contributed by atoms with E-state index in [1.54, 1.807) is 0 Å². The molecule has 0 saturated heterocycles. The average molecular weight is 305 g/mol. The van der Waals surface area contributed by atoms with Crippen LogP contribution in [0.25, 0.3) is 10.8 Å². The predicted octanol–water partition coefficient (Wildman–Crippen LogP) is 4.13. The van der Waals surface area contributed by atoms with Gasteiger partial charge < -0.3 is 10.4 Å². The van der Waals surface area contributed by atoms with Gasteiger partial charge in [-0.15, -0.1) is 0 Å². The molecular formula is C15H15NO2S2. The lowest BCUT2D eigenvalue weighted by molar-refractivity contribution is -0.137. The van der Waals surface area contributed by atoms with Gasteiger partial charge in [0.1, 0.15) is 4.32 Å². The van der Waals surface area contributed by atoms with Crippen LogP contribution in [0.15, 0.2) is 42.5 Å². The Morgan fingerprint density at radius 1 is 1.20 bits per heavy atom. The second-order valence-corrected chi connectivity index (χ2v) is 6.06. The highest BCUT2D eigenvalue weighted by molar-refractivity contribution is 8.23. The van der Waals surface area contributed by atoms with Gasteiger partial charge in [0.15, 0.2) is 0 Å². The Hall–Kier alpha value is -1.59. The second-order valence-electron chi connectivity index (χ2n) is 4.28. The molecule has 0 bridgehead atoms. The Labute approximate surface area is 127 Å². The Bertz CT molecular complexity index is 623. The SMILES string of the molecule is O=C(O)CCCSC(=S)Nc1cccc2ccccc12. The molecule has 0 aromatic heterocycles. The fourth-order valence-electron chi connectivity index (χ4n) is 1.87. The zero-order valence-electron chi connectivity index (χ0n) is 10.8. The first-order chi connectivity index (χ1) is 9.66. The summed E-state index contributed by atoms with van der Waals surface area (Å²) in [5.74, 6) is -0.0540. The van der Waals surface area contributed by atoms with E-state index in [-0.39, 0.29) is 6.42 Å². The normalized spacial score (nSPS) is 10.4. The molecule has 0 unspecified atom stereocenters. The Morgan fingerprint density at radius 2 is 1.95 bits per heavy atom. The number of fused-ring (bicyclic) bond motifs is 1. The van der Waals surface area contributed by atoms with Gasteiger partial charge in [-0.05, 0) is 17.9 Å². The quantitative estimate of drug-likeness (QED) is 0.642. The van der Waals surface area contributed by atoms with Gasteiger partial charge in [0.2, 0.25) is 0 Å². The number of carboxylic acids is 1. The Balaban J connectivity index is 1.94. The van der Waals surface area contributed by atoms with Crippen molar-refractivity contribution in [2.45, 2.75) is 12.8 Å². The van der Waals surface area contributed by atoms with Crippen LogP contribution < -0.4 is 5.32 Å². The molecule has 2 N–H and O–H groups in total. The van der Waals surface area contributed by atoms with Gasteiger partial charge in [-0.2, -0.15) is 0 Å². The maximum Gasteiger partial charge on any atom is 0.303 e. The number of hydrogen-bond acceptors (Lipinski definition) is 3. The molecule has 0 atom stereocenters. The van der Waals surface area contributed by atoms with Crippen LogP contribution in [0, 0.1) is 0 Å². The molecule has 0 aliphatic carbocycles. The highest BCUT2D eigenvalue weighted by atomic mass is 32.2. The molecule has 2 aromatic rings. The van der Waals surface area contributed by atoms with Gasteiger partial charge in [0.25, 0.3) is 0 Å². The fourth-order valence-corrected chi connectivity index (χ4v) is 2.88. The van der Waals surface area contributed by atoms with Gasteiger partial charge in [-0.1, -0.05) is 60.4 Å². The molecule has 0 amide bonds. The molecule has 0 aliphatic heterocycles. The largest absolute Gasteiger partial charge is 0.481 e. The van der Waals surface area contributed by atoms with Crippen LogP contribution in [0.3, 0.4) is 0 Å². The molecule has 0 fully saturated rings. The van der Waals surface area contributed by atoms with E-state index in [4.69, 9.17) is 17.3 Å². The molecule has 104 valence electrons. The first-order valence-electron chi connectivity index (χ1n) is 6.30. The lowest BCUT2D eigenvalue weighted by Crippen LogP contribution is -2.06. The fraction of sp³-hybridized carbons (Fsp3) is 0.200. The number of aliphatic carboxylic acids is 1. The van der Waals surface area contributed by atoms with E-state index in [1.807, 2.05) is 24.3 Å². The molecule has 5 heteroatoms. The predicted molar refractivity (Wildman–Crippen MR) is 89.5 cm³/mol. The van der Waals surface area contributed by atoms with Crippen LogP contribution in [0.1, 0.15) is 12.8 Å². The van der Waals surface area contributed by atoms with Gasteiger partial charge in [-0.3, -0.25) is 4.79 Å². The molecule has 0 spiro atoms. The van der Waals surface area contributed by atoms with Crippen molar-refractivity contribution in [3.05, 3.63) is 42.5 Å². The minimum absolute atomic E-state index is 0.184. The molecule has 2 rings (SSSR count). The summed E-state index contributed by atoms with van der Waals surface area (Å²) in [5.41, 5.74) is 0.985. The summed E-state index contributed by atoms with van der Waals surface area (Å²) < 4.78 is 0.673. The second kappa shape index (κ2) is 7.26. The third-order valence-corrected chi connectivity index (χ3v) is 4.11. The number of hydrogen-bond donors (Lipinski definition) is 2. The highest BCUT2D eigenvalue weighted by Crippen LogP contribution is 2.24. The minimum Gasteiger partial charge on any atom is -0.481 e. The van der Waals surface area contributed by atoms with E-state index in [2.05, 4.69) is 23.5 Å². The summed E-state index contributed by atoms with van der Waals surface area (Å²) in [6, 6.07) is 14.2. The number of carboxylic acid groups (broad SMARTS) is 1. The van der Waals surface area contributed by atoms with Crippen LogP contribution in [0.2, 0.25) is 0 Å². The minimum atomic E-state index is -0.765. The first-order valence-corrected chi connectivity index (χ1v) is 7.69. The number of anilines is 1. The number of benzene rings is 2. The summed E-state index contributed by atoms with van der Waals surface area (Å²) in [4.78, 5) is 10.4. The van der Waals surface area contributed by atoms with Gasteiger partial charge in [-0.25, -0.2) is 0 Å². The molecule has 0 heterocycles.